The van der Waals surface area contributed by atoms with Crippen LogP contribution in [0.15, 0.2) is 24.3 Å². The smallest absolute Gasteiger partial charge is 0.119 e. The van der Waals surface area contributed by atoms with Crippen molar-refractivity contribution in [3.63, 3.8) is 0 Å². The second-order valence-corrected chi connectivity index (χ2v) is 5.70. The Bertz CT molecular complexity index is 369. The minimum absolute atomic E-state index is 0.0204. The van der Waals surface area contributed by atoms with E-state index in [0.29, 0.717) is 6.61 Å². The van der Waals surface area contributed by atoms with E-state index < -0.39 is 5.60 Å². The lowest BCUT2D eigenvalue weighted by molar-refractivity contribution is 0.0649. The van der Waals surface area contributed by atoms with Crippen LogP contribution in [0.25, 0.3) is 0 Å². The first-order valence-corrected chi connectivity index (χ1v) is 6.65. The molecule has 0 aliphatic carbocycles. The van der Waals surface area contributed by atoms with E-state index in [0.717, 1.165) is 18.0 Å². The van der Waals surface area contributed by atoms with Crippen LogP contribution in [0.2, 0.25) is 0 Å². The molecule has 0 bridgehead atoms. The Balaban J connectivity index is 2.48. The minimum Gasteiger partial charge on any atom is -0.492 e. The molecule has 0 aromatic heterocycles. The van der Waals surface area contributed by atoms with Crippen LogP contribution in [0.1, 0.15) is 20.8 Å². The quantitative estimate of drug-likeness (QED) is 0.794. The maximum Gasteiger partial charge on any atom is 0.119 e. The van der Waals surface area contributed by atoms with Gasteiger partial charge in [-0.3, -0.25) is 0 Å². The third-order valence-electron chi connectivity index (χ3n) is 3.10. The highest BCUT2D eigenvalue weighted by Crippen LogP contribution is 2.19. The van der Waals surface area contributed by atoms with Crippen molar-refractivity contribution in [1.29, 1.82) is 0 Å². The standard InChI is InChI=1S/C15H26N2O2/c1-12(15(2,3)18)16-13-6-8-14(9-7-13)19-11-10-17(4)5/h6-9,12,16,18H,10-11H2,1-5H3. The Morgan fingerprint density at radius 2 is 1.84 bits per heavy atom. The zero-order chi connectivity index (χ0) is 14.5. The second kappa shape index (κ2) is 6.78. The van der Waals surface area contributed by atoms with Crippen LogP contribution < -0.4 is 10.1 Å². The SMILES string of the molecule is CC(Nc1ccc(OCCN(C)C)cc1)C(C)(C)O. The van der Waals surface area contributed by atoms with Gasteiger partial charge in [0.2, 0.25) is 0 Å². The zero-order valence-corrected chi connectivity index (χ0v) is 12.6. The summed E-state index contributed by atoms with van der Waals surface area (Å²) in [5, 5.41) is 13.1. The number of aliphatic hydroxyl groups is 1. The number of rotatable bonds is 7. The summed E-state index contributed by atoms with van der Waals surface area (Å²) in [6.45, 7) is 7.13. The molecule has 0 radical (unpaired) electrons. The zero-order valence-electron chi connectivity index (χ0n) is 12.6. The molecule has 4 nitrogen and oxygen atoms in total. The Hall–Kier alpha value is -1.26. The van der Waals surface area contributed by atoms with Crippen LogP contribution in [-0.4, -0.2) is 48.9 Å². The number of benzene rings is 1. The molecule has 0 aliphatic heterocycles. The lowest BCUT2D eigenvalue weighted by atomic mass is 10.0. The van der Waals surface area contributed by atoms with Gasteiger partial charge in [-0.2, -0.15) is 0 Å². The number of nitrogens with zero attached hydrogens (tertiary/aromatic N) is 1. The van der Waals surface area contributed by atoms with Crippen molar-refractivity contribution < 1.29 is 9.84 Å². The lowest BCUT2D eigenvalue weighted by Gasteiger charge is -2.27. The molecule has 108 valence electrons. The molecule has 0 saturated carbocycles. The molecular weight excluding hydrogens is 240 g/mol. The van der Waals surface area contributed by atoms with E-state index in [2.05, 4.69) is 10.2 Å². The van der Waals surface area contributed by atoms with E-state index in [1.54, 1.807) is 13.8 Å². The van der Waals surface area contributed by atoms with Crippen molar-refractivity contribution in [1.82, 2.24) is 4.90 Å². The van der Waals surface area contributed by atoms with Crippen molar-refractivity contribution in [2.24, 2.45) is 0 Å². The number of likely N-dealkylation sites (N-methyl/N-ethyl adjacent to an activating group) is 1. The molecule has 2 N–H and O–H groups in total. The largest absolute Gasteiger partial charge is 0.492 e. The van der Waals surface area contributed by atoms with E-state index in [9.17, 15) is 5.11 Å². The molecule has 1 atom stereocenters. The first kappa shape index (κ1) is 15.8. The van der Waals surface area contributed by atoms with E-state index in [1.807, 2.05) is 45.3 Å². The molecule has 4 heteroatoms. The third-order valence-corrected chi connectivity index (χ3v) is 3.10. The van der Waals surface area contributed by atoms with Gasteiger partial charge in [0.15, 0.2) is 0 Å². The predicted octanol–water partition coefficient (Wildman–Crippen LogP) is 2.20. The molecule has 0 aliphatic rings. The first-order chi connectivity index (χ1) is 8.79. The van der Waals surface area contributed by atoms with Gasteiger partial charge in [-0.25, -0.2) is 0 Å². The predicted molar refractivity (Wildman–Crippen MR) is 79.9 cm³/mol. The maximum atomic E-state index is 9.88. The van der Waals surface area contributed by atoms with Gasteiger partial charge in [0.1, 0.15) is 12.4 Å². The molecule has 0 saturated heterocycles. The summed E-state index contributed by atoms with van der Waals surface area (Å²) in [6.07, 6.45) is 0. The molecule has 1 aromatic rings. The molecule has 0 fully saturated rings. The number of anilines is 1. The van der Waals surface area contributed by atoms with Gasteiger partial charge >= 0.3 is 0 Å². The molecule has 19 heavy (non-hydrogen) atoms. The maximum absolute atomic E-state index is 9.88. The summed E-state index contributed by atoms with van der Waals surface area (Å²) < 4.78 is 5.63. The van der Waals surface area contributed by atoms with Crippen molar-refractivity contribution in [3.05, 3.63) is 24.3 Å². The van der Waals surface area contributed by atoms with Crippen molar-refractivity contribution in [2.45, 2.75) is 32.4 Å². The number of hydrogen-bond acceptors (Lipinski definition) is 4. The van der Waals surface area contributed by atoms with Gasteiger partial charge in [0, 0.05) is 12.2 Å². The van der Waals surface area contributed by atoms with Crippen LogP contribution in [-0.2, 0) is 0 Å². The first-order valence-electron chi connectivity index (χ1n) is 6.65. The Kier molecular flexibility index (Phi) is 5.63. The molecule has 1 unspecified atom stereocenters. The second-order valence-electron chi connectivity index (χ2n) is 5.70. The fourth-order valence-corrected chi connectivity index (χ4v) is 1.42. The summed E-state index contributed by atoms with van der Waals surface area (Å²) >= 11 is 0. The van der Waals surface area contributed by atoms with Crippen molar-refractivity contribution in [2.75, 3.05) is 32.6 Å². The summed E-state index contributed by atoms with van der Waals surface area (Å²) in [5.74, 6) is 0.864. The third kappa shape index (κ3) is 5.94. The minimum atomic E-state index is -0.749. The lowest BCUT2D eigenvalue weighted by Crippen LogP contribution is -2.39. The summed E-state index contributed by atoms with van der Waals surface area (Å²) in [4.78, 5) is 2.08. The van der Waals surface area contributed by atoms with Crippen molar-refractivity contribution in [3.8, 4) is 5.75 Å². The van der Waals surface area contributed by atoms with Crippen LogP contribution in [0, 0.1) is 0 Å². The van der Waals surface area contributed by atoms with Crippen molar-refractivity contribution >= 4 is 5.69 Å². The molecule has 1 aromatic carbocycles. The van der Waals surface area contributed by atoms with Gasteiger partial charge in [-0.1, -0.05) is 0 Å². The van der Waals surface area contributed by atoms with E-state index in [-0.39, 0.29) is 6.04 Å². The highest BCUT2D eigenvalue weighted by Gasteiger charge is 2.21. The fourth-order valence-electron chi connectivity index (χ4n) is 1.42. The van der Waals surface area contributed by atoms with Gasteiger partial charge in [-0.05, 0) is 59.1 Å². The van der Waals surface area contributed by atoms with Gasteiger partial charge in [0.25, 0.3) is 0 Å². The van der Waals surface area contributed by atoms with Crippen LogP contribution in [0.3, 0.4) is 0 Å². The van der Waals surface area contributed by atoms with Crippen LogP contribution >= 0.6 is 0 Å². The summed E-state index contributed by atoms with van der Waals surface area (Å²) in [7, 11) is 4.04. The van der Waals surface area contributed by atoms with Gasteiger partial charge in [0.05, 0.1) is 11.6 Å². The Morgan fingerprint density at radius 3 is 2.32 bits per heavy atom. The molecule has 0 amide bonds. The highest BCUT2D eigenvalue weighted by molar-refractivity contribution is 5.47. The molecule has 0 spiro atoms. The Morgan fingerprint density at radius 1 is 1.26 bits per heavy atom. The highest BCUT2D eigenvalue weighted by atomic mass is 16.5. The normalized spacial score (nSPS) is 13.4. The van der Waals surface area contributed by atoms with E-state index in [4.69, 9.17) is 4.74 Å². The number of ether oxygens (including phenoxy) is 1. The van der Waals surface area contributed by atoms with Crippen LogP contribution in [0.4, 0.5) is 5.69 Å². The summed E-state index contributed by atoms with van der Waals surface area (Å²) in [5.41, 5.74) is 0.232. The topological polar surface area (TPSA) is 44.7 Å². The number of hydrogen-bond donors (Lipinski definition) is 2. The Labute approximate surface area is 116 Å². The average Bonchev–Trinajstić information content (AvgIpc) is 2.29. The van der Waals surface area contributed by atoms with E-state index >= 15 is 0 Å². The van der Waals surface area contributed by atoms with E-state index in [1.165, 1.54) is 0 Å². The van der Waals surface area contributed by atoms with Gasteiger partial charge < -0.3 is 20.1 Å². The molecular formula is C15H26N2O2. The monoisotopic (exact) mass is 266 g/mol. The molecule has 0 heterocycles. The number of nitrogens with one attached hydrogen (secondary N) is 1. The fraction of sp³-hybridized carbons (Fsp3) is 0.600. The summed E-state index contributed by atoms with van der Waals surface area (Å²) in [6, 6.07) is 7.79. The average molecular weight is 266 g/mol. The molecule has 1 rings (SSSR count). The van der Waals surface area contributed by atoms with Gasteiger partial charge in [-0.15, -0.1) is 0 Å². The van der Waals surface area contributed by atoms with Crippen LogP contribution in [0.5, 0.6) is 5.75 Å².